The molecule has 2 aromatic rings. The number of ketones is 2. The molecule has 1 heterocycles. The Bertz CT molecular complexity index is 1090. The first kappa shape index (κ1) is 22.4. The van der Waals surface area contributed by atoms with Crippen LogP contribution in [0.25, 0.3) is 0 Å². The summed E-state index contributed by atoms with van der Waals surface area (Å²) in [5.41, 5.74) is 0.271. The highest BCUT2D eigenvalue weighted by Crippen LogP contribution is 2.56. The third kappa shape index (κ3) is 3.74. The number of carbonyl (C=O) groups is 2. The molecule has 0 aliphatic heterocycles. The molecule has 4 saturated carbocycles. The first-order valence-electron chi connectivity index (χ1n) is 11.3. The van der Waals surface area contributed by atoms with E-state index in [1.165, 1.54) is 6.07 Å². The van der Waals surface area contributed by atoms with E-state index in [1.807, 2.05) is 6.92 Å². The number of rotatable bonds is 4. The molecule has 4 aliphatic rings. The number of hydrogen-bond donors (Lipinski definition) is 0. The van der Waals surface area contributed by atoms with Gasteiger partial charge in [-0.15, -0.1) is 0 Å². The summed E-state index contributed by atoms with van der Waals surface area (Å²) >= 11 is 5.70. The number of carbonyl (C=O) groups excluding carboxylic acids is 2. The van der Waals surface area contributed by atoms with E-state index in [4.69, 9.17) is 16.3 Å². The average molecular weight is 478 g/mol. The van der Waals surface area contributed by atoms with Crippen molar-refractivity contribution in [2.24, 2.45) is 23.7 Å². The summed E-state index contributed by atoms with van der Waals surface area (Å²) in [5.74, 6) is -1.40. The Labute approximate surface area is 194 Å². The number of pyridine rings is 1. The number of halogens is 4. The molecule has 0 saturated heterocycles. The summed E-state index contributed by atoms with van der Waals surface area (Å²) in [5, 5.41) is -0.156. The smallest absolute Gasteiger partial charge is 0.421 e. The van der Waals surface area contributed by atoms with Crippen molar-refractivity contribution < 1.29 is 27.5 Å². The summed E-state index contributed by atoms with van der Waals surface area (Å²) in [6.07, 6.45) is 0.923. The number of aryl methyl sites for hydroxylation is 1. The molecule has 33 heavy (non-hydrogen) atoms. The van der Waals surface area contributed by atoms with Gasteiger partial charge in [0.05, 0.1) is 5.02 Å². The minimum Gasteiger partial charge on any atom is -0.438 e. The Balaban J connectivity index is 1.52. The second-order valence-corrected chi connectivity index (χ2v) is 9.72. The molecule has 2 bridgehead atoms. The van der Waals surface area contributed by atoms with Gasteiger partial charge in [-0.1, -0.05) is 24.6 Å². The molecule has 0 amide bonds. The van der Waals surface area contributed by atoms with E-state index in [2.05, 4.69) is 4.98 Å². The van der Waals surface area contributed by atoms with Crippen LogP contribution < -0.4 is 4.74 Å². The number of aromatic nitrogens is 1. The molecule has 2 unspecified atom stereocenters. The van der Waals surface area contributed by atoms with Crippen molar-refractivity contribution >= 4 is 23.2 Å². The van der Waals surface area contributed by atoms with Crippen LogP contribution in [-0.2, 0) is 22.2 Å². The van der Waals surface area contributed by atoms with Crippen LogP contribution in [0.2, 0.25) is 5.02 Å². The van der Waals surface area contributed by atoms with Gasteiger partial charge in [-0.2, -0.15) is 13.2 Å². The van der Waals surface area contributed by atoms with E-state index in [-0.39, 0.29) is 46.0 Å². The van der Waals surface area contributed by atoms with Gasteiger partial charge in [-0.3, -0.25) is 9.59 Å². The van der Waals surface area contributed by atoms with Crippen LogP contribution in [0.15, 0.2) is 30.5 Å². The summed E-state index contributed by atoms with van der Waals surface area (Å²) in [4.78, 5) is 30.6. The Hall–Kier alpha value is -2.41. The minimum atomic E-state index is -4.70. The fourth-order valence-electron chi connectivity index (χ4n) is 6.15. The first-order chi connectivity index (χ1) is 15.7. The molecular formula is C25H23ClF3NO3. The topological polar surface area (TPSA) is 56.3 Å². The zero-order valence-electron chi connectivity index (χ0n) is 18.0. The van der Waals surface area contributed by atoms with Crippen LogP contribution in [0, 0.1) is 23.7 Å². The number of benzene rings is 1. The lowest BCUT2D eigenvalue weighted by Crippen LogP contribution is -2.41. The Morgan fingerprint density at radius 3 is 2.18 bits per heavy atom. The Morgan fingerprint density at radius 2 is 1.64 bits per heavy atom. The minimum absolute atomic E-state index is 0.0353. The number of fused-ring (bicyclic) bond motifs is 2. The predicted molar refractivity (Wildman–Crippen MR) is 115 cm³/mol. The number of nitrogens with zero attached hydrogens (tertiary/aromatic N) is 1. The molecule has 8 heteroatoms. The number of hydrogen-bond acceptors (Lipinski definition) is 4. The van der Waals surface area contributed by atoms with Gasteiger partial charge in [0.1, 0.15) is 17.2 Å². The predicted octanol–water partition coefficient (Wildman–Crippen LogP) is 6.40. The molecule has 1 aromatic heterocycles. The van der Waals surface area contributed by atoms with Crippen molar-refractivity contribution in [2.75, 3.05) is 0 Å². The van der Waals surface area contributed by atoms with E-state index in [1.54, 1.807) is 12.1 Å². The SMILES string of the molecule is CCc1ccc(Oc2ncc(Cl)cc2C(F)(F)F)cc1C1C(=O)C2C3CCC(CC3)C2C1=O. The highest BCUT2D eigenvalue weighted by Gasteiger charge is 2.59. The van der Waals surface area contributed by atoms with E-state index in [0.717, 1.165) is 43.5 Å². The molecule has 1 aromatic carbocycles. The summed E-state index contributed by atoms with van der Waals surface area (Å²) in [6.45, 7) is 1.92. The van der Waals surface area contributed by atoms with E-state index in [0.29, 0.717) is 12.0 Å². The standard InChI is InChI=1S/C25H23ClF3NO3/c1-2-12-7-8-16(33-24-18(25(27,28)29)9-15(26)11-30-24)10-17(12)21-22(31)19-13-3-4-14(6-5-13)20(19)23(21)32/h7-11,13-14,19-21H,2-6H2,1H3. The van der Waals surface area contributed by atoms with Gasteiger partial charge in [0.2, 0.25) is 5.88 Å². The maximum absolute atomic E-state index is 13.5. The highest BCUT2D eigenvalue weighted by atomic mass is 35.5. The molecule has 0 radical (unpaired) electrons. The third-order valence-electron chi connectivity index (χ3n) is 7.59. The zero-order chi connectivity index (χ0) is 23.5. The van der Waals surface area contributed by atoms with Crippen LogP contribution in [-0.4, -0.2) is 16.6 Å². The lowest BCUT2D eigenvalue weighted by atomic mass is 9.59. The van der Waals surface area contributed by atoms with Crippen molar-refractivity contribution in [1.29, 1.82) is 0 Å². The summed E-state index contributed by atoms with van der Waals surface area (Å²) in [6, 6.07) is 5.55. The molecule has 6 rings (SSSR count). The van der Waals surface area contributed by atoms with E-state index >= 15 is 0 Å². The lowest BCUT2D eigenvalue weighted by molar-refractivity contribution is -0.139. The van der Waals surface area contributed by atoms with Gasteiger partial charge >= 0.3 is 6.18 Å². The van der Waals surface area contributed by atoms with Gasteiger partial charge in [-0.25, -0.2) is 4.98 Å². The molecule has 174 valence electrons. The number of alkyl halides is 3. The Morgan fingerprint density at radius 1 is 1.03 bits per heavy atom. The van der Waals surface area contributed by atoms with E-state index < -0.39 is 23.5 Å². The normalized spacial score (nSPS) is 28.8. The second-order valence-electron chi connectivity index (χ2n) is 9.28. The quantitative estimate of drug-likeness (QED) is 0.478. The average Bonchev–Trinajstić information content (AvgIpc) is 3.07. The molecule has 0 spiro atoms. The van der Waals surface area contributed by atoms with Gasteiger partial charge in [-0.05, 0) is 73.3 Å². The van der Waals surface area contributed by atoms with Crippen molar-refractivity contribution in [2.45, 2.75) is 51.1 Å². The van der Waals surface area contributed by atoms with Gasteiger partial charge in [0.15, 0.2) is 11.6 Å². The lowest BCUT2D eigenvalue weighted by Gasteiger charge is -2.43. The fraction of sp³-hybridized carbons (Fsp3) is 0.480. The second kappa shape index (κ2) is 8.12. The van der Waals surface area contributed by atoms with Crippen molar-refractivity contribution in [3.8, 4) is 11.6 Å². The third-order valence-corrected chi connectivity index (χ3v) is 7.80. The molecule has 4 fully saturated rings. The molecule has 0 N–H and O–H groups in total. The Kier molecular flexibility index (Phi) is 5.51. The summed E-state index contributed by atoms with van der Waals surface area (Å²) < 4.78 is 45.9. The van der Waals surface area contributed by atoms with E-state index in [9.17, 15) is 22.8 Å². The largest absolute Gasteiger partial charge is 0.438 e. The molecule has 4 aliphatic carbocycles. The maximum atomic E-state index is 13.5. The molecule has 2 atom stereocenters. The van der Waals surface area contributed by atoms with Crippen LogP contribution >= 0.6 is 11.6 Å². The van der Waals surface area contributed by atoms with Crippen molar-refractivity contribution in [1.82, 2.24) is 4.98 Å². The number of ether oxygens (including phenoxy) is 1. The van der Waals surface area contributed by atoms with Crippen molar-refractivity contribution in [3.63, 3.8) is 0 Å². The van der Waals surface area contributed by atoms with Crippen LogP contribution in [0.3, 0.4) is 0 Å². The van der Waals surface area contributed by atoms with Gasteiger partial charge in [0, 0.05) is 18.0 Å². The molecule has 4 nitrogen and oxygen atoms in total. The van der Waals surface area contributed by atoms with Crippen LogP contribution in [0.1, 0.15) is 55.2 Å². The fourth-order valence-corrected chi connectivity index (χ4v) is 6.31. The first-order valence-corrected chi connectivity index (χ1v) is 11.7. The molecular weight excluding hydrogens is 455 g/mol. The van der Waals surface area contributed by atoms with Crippen molar-refractivity contribution in [3.05, 3.63) is 52.2 Å². The van der Waals surface area contributed by atoms with Gasteiger partial charge < -0.3 is 4.74 Å². The summed E-state index contributed by atoms with van der Waals surface area (Å²) in [7, 11) is 0. The van der Waals surface area contributed by atoms with Crippen LogP contribution in [0.4, 0.5) is 13.2 Å². The maximum Gasteiger partial charge on any atom is 0.421 e. The van der Waals surface area contributed by atoms with Crippen LogP contribution in [0.5, 0.6) is 11.6 Å². The zero-order valence-corrected chi connectivity index (χ0v) is 18.7. The highest BCUT2D eigenvalue weighted by molar-refractivity contribution is 6.30. The van der Waals surface area contributed by atoms with Gasteiger partial charge in [0.25, 0.3) is 0 Å². The number of Topliss-reactive ketones (excluding diaryl/α,β-unsaturated/α-hetero) is 2. The monoisotopic (exact) mass is 477 g/mol.